The van der Waals surface area contributed by atoms with E-state index in [4.69, 9.17) is 10.5 Å². The van der Waals surface area contributed by atoms with Crippen LogP contribution in [0.15, 0.2) is 54.6 Å². The van der Waals surface area contributed by atoms with Crippen molar-refractivity contribution in [3.63, 3.8) is 0 Å². The molecule has 0 radical (unpaired) electrons. The van der Waals surface area contributed by atoms with Crippen molar-refractivity contribution < 1.29 is 19.1 Å². The lowest BCUT2D eigenvalue weighted by molar-refractivity contribution is 0.0988. The summed E-state index contributed by atoms with van der Waals surface area (Å²) in [5.41, 5.74) is 11.7. The molecule has 0 unspecified atom stereocenters. The molecule has 0 bridgehead atoms. The smallest absolute Gasteiger partial charge is 0.271 e. The van der Waals surface area contributed by atoms with Crippen LogP contribution in [0.5, 0.6) is 5.75 Å². The number of nitrogens with one attached hydrogen (secondary N) is 1. The molecule has 3 N–H and O–H groups in total. The summed E-state index contributed by atoms with van der Waals surface area (Å²) in [4.78, 5) is 42.5. The topological polar surface area (TPSA) is 131 Å². The van der Waals surface area contributed by atoms with Crippen molar-refractivity contribution >= 4 is 45.1 Å². The van der Waals surface area contributed by atoms with E-state index < -0.39 is 5.91 Å². The third-order valence-electron chi connectivity index (χ3n) is 7.13. The average Bonchev–Trinajstić information content (AvgIpc) is 3.45. The third-order valence-corrected chi connectivity index (χ3v) is 7.13. The Kier molecular flexibility index (Phi) is 5.23. The maximum absolute atomic E-state index is 13.4. The minimum absolute atomic E-state index is 0.0113. The molecule has 0 saturated heterocycles. The van der Waals surface area contributed by atoms with Crippen LogP contribution in [0.2, 0.25) is 0 Å². The minimum atomic E-state index is -0.714. The van der Waals surface area contributed by atoms with Crippen LogP contribution in [0.25, 0.3) is 33.1 Å². The van der Waals surface area contributed by atoms with Crippen molar-refractivity contribution in [1.82, 2.24) is 15.2 Å². The van der Waals surface area contributed by atoms with E-state index in [2.05, 4.69) is 15.2 Å². The summed E-state index contributed by atoms with van der Waals surface area (Å²) in [5.74, 6) is -0.268. The number of aromatic nitrogens is 3. The monoisotopic (exact) mass is 505 g/mol. The van der Waals surface area contributed by atoms with E-state index in [1.807, 2.05) is 43.3 Å². The van der Waals surface area contributed by atoms with Gasteiger partial charge in [-0.05, 0) is 49.2 Å². The third kappa shape index (κ3) is 3.43. The highest BCUT2D eigenvalue weighted by Gasteiger charge is 2.31. The molecule has 9 nitrogen and oxygen atoms in total. The van der Waals surface area contributed by atoms with Gasteiger partial charge in [0.1, 0.15) is 11.4 Å². The first-order valence-electron chi connectivity index (χ1n) is 12.0. The van der Waals surface area contributed by atoms with Crippen molar-refractivity contribution in [1.29, 1.82) is 0 Å². The fraction of sp³-hybridized carbons (Fsp3) is 0.138. The second-order valence-electron chi connectivity index (χ2n) is 9.32. The number of rotatable bonds is 5. The Morgan fingerprint density at radius 1 is 1.05 bits per heavy atom. The highest BCUT2D eigenvalue weighted by molar-refractivity contribution is 6.19. The van der Waals surface area contributed by atoms with Gasteiger partial charge in [-0.3, -0.25) is 14.4 Å². The highest BCUT2D eigenvalue weighted by Crippen LogP contribution is 2.40. The summed E-state index contributed by atoms with van der Waals surface area (Å²) < 4.78 is 5.30. The normalized spacial score (nSPS) is 12.8. The number of nitrogens with two attached hydrogens (primary N) is 1. The molecule has 0 atom stereocenters. The SMILES string of the molecule is COc1ccc2c(c1)C(=O)N(c1cccc(-c3nnc(C(N)=O)c4[nH]c5cc(C(C)=O)ccc5c34)c1C)C2. The molecule has 38 heavy (non-hydrogen) atoms. The zero-order valence-electron chi connectivity index (χ0n) is 21.0. The van der Waals surface area contributed by atoms with Crippen molar-refractivity contribution in [2.45, 2.75) is 20.4 Å². The maximum atomic E-state index is 13.4. The lowest BCUT2D eigenvalue weighted by Crippen LogP contribution is -2.24. The number of carbonyl (C=O) groups excluding carboxylic acids is 3. The van der Waals surface area contributed by atoms with Gasteiger partial charge in [0, 0.05) is 38.7 Å². The van der Waals surface area contributed by atoms with E-state index >= 15 is 0 Å². The number of hydrogen-bond donors (Lipinski definition) is 2. The largest absolute Gasteiger partial charge is 0.497 e. The Balaban J connectivity index is 1.54. The molecule has 9 heteroatoms. The molecule has 0 spiro atoms. The molecular weight excluding hydrogens is 482 g/mol. The number of H-pyrrole nitrogens is 1. The van der Waals surface area contributed by atoms with Crippen molar-refractivity contribution in [2.75, 3.05) is 12.0 Å². The predicted molar refractivity (Wildman–Crippen MR) is 144 cm³/mol. The van der Waals surface area contributed by atoms with Gasteiger partial charge in [0.05, 0.1) is 19.2 Å². The minimum Gasteiger partial charge on any atom is -0.497 e. The van der Waals surface area contributed by atoms with Gasteiger partial charge >= 0.3 is 0 Å². The summed E-state index contributed by atoms with van der Waals surface area (Å²) in [6.45, 7) is 3.86. The van der Waals surface area contributed by atoms with Crippen molar-refractivity contribution in [2.24, 2.45) is 5.73 Å². The van der Waals surface area contributed by atoms with Gasteiger partial charge in [0.25, 0.3) is 11.8 Å². The first kappa shape index (κ1) is 23.4. The molecule has 6 rings (SSSR count). The Morgan fingerprint density at radius 2 is 1.87 bits per heavy atom. The van der Waals surface area contributed by atoms with Gasteiger partial charge < -0.3 is 20.4 Å². The first-order valence-corrected chi connectivity index (χ1v) is 12.0. The Morgan fingerprint density at radius 3 is 2.61 bits per heavy atom. The molecule has 188 valence electrons. The summed E-state index contributed by atoms with van der Waals surface area (Å²) in [6, 6.07) is 16.5. The van der Waals surface area contributed by atoms with E-state index in [1.54, 1.807) is 30.2 Å². The van der Waals surface area contributed by atoms with Crippen LogP contribution >= 0.6 is 0 Å². The van der Waals surface area contributed by atoms with Crippen LogP contribution in [0.3, 0.4) is 0 Å². The van der Waals surface area contributed by atoms with Crippen LogP contribution in [0.1, 0.15) is 49.3 Å². The number of benzene rings is 3. The fourth-order valence-corrected chi connectivity index (χ4v) is 5.18. The molecular formula is C29H23N5O4. The standard InChI is InChI=1S/C29H23N5O4/c1-14-19(5-4-6-23(14)34-13-17-7-9-18(38-3)12-21(17)29(34)37)25-24-20-10-8-16(15(2)35)11-22(20)31-26(24)27(28(30)36)33-32-25/h4-12,31H,13H2,1-3H3,(H2,30,36). The molecule has 2 amide bonds. The van der Waals surface area contributed by atoms with Gasteiger partial charge in [-0.15, -0.1) is 10.2 Å². The van der Waals surface area contributed by atoms with E-state index in [1.165, 1.54) is 6.92 Å². The summed E-state index contributed by atoms with van der Waals surface area (Å²) in [6.07, 6.45) is 0. The number of Topliss-reactive ketones (excluding diaryl/α,β-unsaturated/α-hetero) is 1. The second kappa shape index (κ2) is 8.52. The summed E-state index contributed by atoms with van der Waals surface area (Å²) >= 11 is 0. The number of hydrogen-bond acceptors (Lipinski definition) is 6. The Labute approximate surface area is 217 Å². The van der Waals surface area contributed by atoms with Gasteiger partial charge in [-0.1, -0.05) is 30.3 Å². The number of fused-ring (bicyclic) bond motifs is 4. The number of ketones is 1. The number of ether oxygens (including phenoxy) is 1. The molecule has 3 aromatic carbocycles. The predicted octanol–water partition coefficient (Wildman–Crippen LogP) is 4.56. The number of nitrogens with zero attached hydrogens (tertiary/aromatic N) is 3. The molecule has 0 saturated carbocycles. The number of primary amides is 1. The molecule has 0 aliphatic carbocycles. The second-order valence-corrected chi connectivity index (χ2v) is 9.32. The zero-order valence-corrected chi connectivity index (χ0v) is 21.0. The molecule has 1 aliphatic heterocycles. The maximum Gasteiger partial charge on any atom is 0.271 e. The van der Waals surface area contributed by atoms with E-state index in [0.717, 1.165) is 27.8 Å². The van der Waals surface area contributed by atoms with Gasteiger partial charge in [-0.2, -0.15) is 0 Å². The number of aromatic amines is 1. The van der Waals surface area contributed by atoms with Gasteiger partial charge in [0.15, 0.2) is 11.5 Å². The van der Waals surface area contributed by atoms with Crippen LogP contribution in [-0.4, -0.2) is 39.9 Å². The van der Waals surface area contributed by atoms with Crippen LogP contribution in [0, 0.1) is 6.92 Å². The molecule has 3 heterocycles. The number of methoxy groups -OCH3 is 1. The molecule has 1 aliphatic rings. The quantitative estimate of drug-likeness (QED) is 0.337. The van der Waals surface area contributed by atoms with Gasteiger partial charge in [0.2, 0.25) is 0 Å². The van der Waals surface area contributed by atoms with Crippen LogP contribution < -0.4 is 15.4 Å². The van der Waals surface area contributed by atoms with E-state index in [-0.39, 0.29) is 17.4 Å². The first-order chi connectivity index (χ1) is 18.3. The van der Waals surface area contributed by atoms with E-state index in [9.17, 15) is 14.4 Å². The fourth-order valence-electron chi connectivity index (χ4n) is 5.18. The van der Waals surface area contributed by atoms with Crippen LogP contribution in [-0.2, 0) is 6.54 Å². The Bertz CT molecular complexity index is 1840. The molecule has 0 fully saturated rings. The van der Waals surface area contributed by atoms with Crippen molar-refractivity contribution in [3.05, 3.63) is 82.5 Å². The molecule has 5 aromatic rings. The van der Waals surface area contributed by atoms with Crippen LogP contribution in [0.4, 0.5) is 5.69 Å². The average molecular weight is 506 g/mol. The van der Waals surface area contributed by atoms with Gasteiger partial charge in [-0.25, -0.2) is 0 Å². The highest BCUT2D eigenvalue weighted by atomic mass is 16.5. The Hall–Kier alpha value is -5.05. The summed E-state index contributed by atoms with van der Waals surface area (Å²) in [5, 5.41) is 10.0. The van der Waals surface area contributed by atoms with Crippen molar-refractivity contribution in [3.8, 4) is 17.0 Å². The number of carbonyl (C=O) groups is 3. The summed E-state index contributed by atoms with van der Waals surface area (Å²) in [7, 11) is 1.57. The number of anilines is 1. The molecule has 2 aromatic heterocycles. The lowest BCUT2D eigenvalue weighted by Gasteiger charge is -2.20. The zero-order chi connectivity index (χ0) is 26.7. The lowest BCUT2D eigenvalue weighted by atomic mass is 9.98. The van der Waals surface area contributed by atoms with E-state index in [0.29, 0.717) is 45.5 Å². The number of amides is 2.